The molecule has 0 saturated carbocycles. The second-order valence-corrected chi connectivity index (χ2v) is 5.44. The summed E-state index contributed by atoms with van der Waals surface area (Å²) in [6.07, 6.45) is 1.63. The van der Waals surface area contributed by atoms with Crippen molar-refractivity contribution in [1.82, 2.24) is 10.3 Å². The van der Waals surface area contributed by atoms with Crippen molar-refractivity contribution in [2.75, 3.05) is 13.7 Å². The molecule has 0 spiro atoms. The molecule has 2 rings (SSSR count). The fourth-order valence-electron chi connectivity index (χ4n) is 2.09. The summed E-state index contributed by atoms with van der Waals surface area (Å²) in [5.74, 6) is -1.00. The van der Waals surface area contributed by atoms with Crippen LogP contribution in [0.3, 0.4) is 0 Å². The number of benzene rings is 1. The molecular formula is C18H20N2O5. The minimum absolute atomic E-state index is 0.107. The molecule has 2 aromatic rings. The summed E-state index contributed by atoms with van der Waals surface area (Å²) < 4.78 is 10.4. The predicted molar refractivity (Wildman–Crippen MR) is 90.5 cm³/mol. The van der Waals surface area contributed by atoms with E-state index in [0.29, 0.717) is 11.3 Å². The van der Waals surface area contributed by atoms with Crippen LogP contribution < -0.4 is 10.1 Å². The number of aliphatic carboxylic acids is 1. The van der Waals surface area contributed by atoms with Crippen molar-refractivity contribution < 1.29 is 24.2 Å². The molecule has 0 aliphatic carbocycles. The number of nitrogens with one attached hydrogen (secondary N) is 1. The van der Waals surface area contributed by atoms with Crippen molar-refractivity contribution in [1.29, 1.82) is 0 Å². The van der Waals surface area contributed by atoms with Gasteiger partial charge >= 0.3 is 5.97 Å². The normalized spacial score (nSPS) is 11.6. The Morgan fingerprint density at radius 1 is 1.28 bits per heavy atom. The van der Waals surface area contributed by atoms with Crippen LogP contribution in [-0.4, -0.2) is 41.7 Å². The monoisotopic (exact) mass is 344 g/mol. The molecule has 0 fully saturated rings. The van der Waals surface area contributed by atoms with Gasteiger partial charge in [-0.3, -0.25) is 9.78 Å². The molecule has 1 atom stereocenters. The van der Waals surface area contributed by atoms with E-state index in [9.17, 15) is 9.59 Å². The summed E-state index contributed by atoms with van der Waals surface area (Å²) in [6, 6.07) is 9.37. The van der Waals surface area contributed by atoms with Gasteiger partial charge in [0.05, 0.1) is 12.8 Å². The summed E-state index contributed by atoms with van der Waals surface area (Å²) in [5, 5.41) is 11.5. The lowest BCUT2D eigenvalue weighted by Crippen LogP contribution is -2.43. The van der Waals surface area contributed by atoms with Crippen molar-refractivity contribution in [2.45, 2.75) is 19.6 Å². The number of amides is 1. The second kappa shape index (κ2) is 8.79. The van der Waals surface area contributed by atoms with E-state index in [1.165, 1.54) is 7.11 Å². The summed E-state index contributed by atoms with van der Waals surface area (Å²) in [7, 11) is 1.37. The molecule has 2 N–H and O–H groups in total. The van der Waals surface area contributed by atoms with E-state index in [0.717, 1.165) is 11.3 Å². The minimum atomic E-state index is -1.15. The fourth-order valence-corrected chi connectivity index (χ4v) is 2.09. The summed E-state index contributed by atoms with van der Waals surface area (Å²) in [6.45, 7) is 2.05. The Labute approximate surface area is 145 Å². The molecule has 7 heteroatoms. The Hall–Kier alpha value is -2.93. The maximum absolute atomic E-state index is 12.2. The van der Waals surface area contributed by atoms with Crippen LogP contribution in [0.15, 0.2) is 42.6 Å². The fraction of sp³-hybridized carbons (Fsp3) is 0.278. The molecule has 1 heterocycles. The lowest BCUT2D eigenvalue weighted by molar-refractivity contribution is -0.140. The number of carboxylic acids is 1. The maximum Gasteiger partial charge on any atom is 0.328 e. The molecule has 1 amide bonds. The molecule has 0 radical (unpaired) electrons. The number of hydrogen-bond acceptors (Lipinski definition) is 5. The highest BCUT2D eigenvalue weighted by Crippen LogP contribution is 2.13. The third-order valence-electron chi connectivity index (χ3n) is 3.42. The van der Waals surface area contributed by atoms with Crippen molar-refractivity contribution in [2.24, 2.45) is 0 Å². The molecule has 132 valence electrons. The van der Waals surface area contributed by atoms with Crippen LogP contribution in [0.1, 0.15) is 21.6 Å². The van der Waals surface area contributed by atoms with E-state index < -0.39 is 17.9 Å². The zero-order chi connectivity index (χ0) is 18.2. The first-order valence-electron chi connectivity index (χ1n) is 7.66. The molecule has 0 aliphatic rings. The van der Waals surface area contributed by atoms with Gasteiger partial charge < -0.3 is 19.9 Å². The lowest BCUT2D eigenvalue weighted by atomic mass is 10.1. The number of hydrogen-bond donors (Lipinski definition) is 2. The number of methoxy groups -OCH3 is 1. The highest BCUT2D eigenvalue weighted by Gasteiger charge is 2.20. The van der Waals surface area contributed by atoms with Crippen LogP contribution in [0.4, 0.5) is 0 Å². The standard InChI is InChI=1S/C18H20N2O5/c1-12-6-7-15(9-19-12)25-10-13-4-3-5-14(8-13)17(21)20-16(11-24-2)18(22)23/h3-9,16H,10-11H2,1-2H3,(H,20,21)(H,22,23). The number of carbonyl (C=O) groups excluding carboxylic acids is 1. The molecule has 0 aliphatic heterocycles. The summed E-state index contributed by atoms with van der Waals surface area (Å²) in [5.41, 5.74) is 2.03. The molecule has 0 bridgehead atoms. The van der Waals surface area contributed by atoms with E-state index in [1.807, 2.05) is 25.1 Å². The highest BCUT2D eigenvalue weighted by atomic mass is 16.5. The van der Waals surface area contributed by atoms with Gasteiger partial charge in [-0.05, 0) is 36.8 Å². The number of carbonyl (C=O) groups is 2. The van der Waals surface area contributed by atoms with Crippen LogP contribution in [0, 0.1) is 6.92 Å². The first-order valence-corrected chi connectivity index (χ1v) is 7.66. The zero-order valence-electron chi connectivity index (χ0n) is 14.1. The van der Waals surface area contributed by atoms with Gasteiger partial charge in [0, 0.05) is 18.4 Å². The van der Waals surface area contributed by atoms with Gasteiger partial charge in [-0.2, -0.15) is 0 Å². The maximum atomic E-state index is 12.2. The van der Waals surface area contributed by atoms with Crippen LogP contribution >= 0.6 is 0 Å². The van der Waals surface area contributed by atoms with E-state index in [2.05, 4.69) is 10.3 Å². The number of aryl methyl sites for hydroxylation is 1. The first kappa shape index (κ1) is 18.4. The zero-order valence-corrected chi connectivity index (χ0v) is 14.1. The Balaban J connectivity index is 2.00. The first-order chi connectivity index (χ1) is 12.0. The van der Waals surface area contributed by atoms with Gasteiger partial charge in [-0.25, -0.2) is 4.79 Å². The van der Waals surface area contributed by atoms with E-state index in [1.54, 1.807) is 24.4 Å². The van der Waals surface area contributed by atoms with Crippen LogP contribution in [0.25, 0.3) is 0 Å². The highest BCUT2D eigenvalue weighted by molar-refractivity contribution is 5.96. The van der Waals surface area contributed by atoms with Crippen molar-refractivity contribution in [3.8, 4) is 5.75 Å². The largest absolute Gasteiger partial charge is 0.487 e. The van der Waals surface area contributed by atoms with E-state index in [4.69, 9.17) is 14.6 Å². The molecule has 25 heavy (non-hydrogen) atoms. The average Bonchev–Trinajstić information content (AvgIpc) is 2.61. The van der Waals surface area contributed by atoms with Crippen molar-refractivity contribution in [3.63, 3.8) is 0 Å². The third-order valence-corrected chi connectivity index (χ3v) is 3.42. The molecule has 1 unspecified atom stereocenters. The quantitative estimate of drug-likeness (QED) is 0.758. The van der Waals surface area contributed by atoms with Gasteiger partial charge in [0.2, 0.25) is 0 Å². The van der Waals surface area contributed by atoms with Crippen molar-refractivity contribution in [3.05, 3.63) is 59.4 Å². The van der Waals surface area contributed by atoms with Gasteiger partial charge in [-0.1, -0.05) is 12.1 Å². The molecule has 1 aromatic heterocycles. The Morgan fingerprint density at radius 3 is 2.72 bits per heavy atom. The van der Waals surface area contributed by atoms with Gasteiger partial charge in [-0.15, -0.1) is 0 Å². The van der Waals surface area contributed by atoms with Crippen molar-refractivity contribution >= 4 is 11.9 Å². The van der Waals surface area contributed by atoms with Gasteiger partial charge in [0.25, 0.3) is 5.91 Å². The van der Waals surface area contributed by atoms with E-state index in [-0.39, 0.29) is 13.2 Å². The van der Waals surface area contributed by atoms with Crippen LogP contribution in [-0.2, 0) is 16.1 Å². The Morgan fingerprint density at radius 2 is 2.08 bits per heavy atom. The summed E-state index contributed by atoms with van der Waals surface area (Å²) >= 11 is 0. The second-order valence-electron chi connectivity index (χ2n) is 5.44. The molecular weight excluding hydrogens is 324 g/mol. The number of nitrogens with zero attached hydrogens (tertiary/aromatic N) is 1. The van der Waals surface area contributed by atoms with Crippen LogP contribution in [0.2, 0.25) is 0 Å². The van der Waals surface area contributed by atoms with Crippen LogP contribution in [0.5, 0.6) is 5.75 Å². The molecule has 1 aromatic carbocycles. The lowest BCUT2D eigenvalue weighted by Gasteiger charge is -2.14. The number of rotatable bonds is 8. The predicted octanol–water partition coefficient (Wildman–Crippen LogP) is 1.80. The van der Waals surface area contributed by atoms with Gasteiger partial charge in [0.1, 0.15) is 12.4 Å². The smallest absolute Gasteiger partial charge is 0.328 e. The Bertz CT molecular complexity index is 731. The number of carboxylic acid groups (broad SMARTS) is 1. The molecule has 7 nitrogen and oxygen atoms in total. The average molecular weight is 344 g/mol. The topological polar surface area (TPSA) is 97.8 Å². The van der Waals surface area contributed by atoms with Gasteiger partial charge in [0.15, 0.2) is 6.04 Å². The number of ether oxygens (including phenoxy) is 2. The number of pyridine rings is 1. The Kier molecular flexibility index (Phi) is 6.47. The third kappa shape index (κ3) is 5.58. The summed E-state index contributed by atoms with van der Waals surface area (Å²) in [4.78, 5) is 27.5. The number of aromatic nitrogens is 1. The SMILES string of the molecule is COCC(NC(=O)c1cccc(COc2ccc(C)nc2)c1)C(=O)O. The minimum Gasteiger partial charge on any atom is -0.487 e. The molecule has 0 saturated heterocycles. The van der Waals surface area contributed by atoms with E-state index >= 15 is 0 Å².